The number of hydrogen-bond donors (Lipinski definition) is 1. The monoisotopic (exact) mass is 574 g/mol. The number of benzene rings is 3. The second-order valence-corrected chi connectivity index (χ2v) is 10.0. The standard InChI is InChI=1S/C31H27ClN2O7/c1-39-29-19-26(30(35)36)22(17-28(29)34(37)38)12-13-31(40-14-3-15-41-31)23-5-2-4-20(16-23)6-10-25-11-8-21-7-9-24(32)18-27(21)33-25/h2,4-11,16-19H,3,12-15H2,1H3,(H,35,36)/b10-6+. The molecule has 0 unspecified atom stereocenters. The van der Waals surface area contributed by atoms with Crippen LogP contribution in [-0.2, 0) is 21.7 Å². The number of nitro groups is 1. The van der Waals surface area contributed by atoms with Crippen molar-refractivity contribution in [2.45, 2.75) is 25.0 Å². The molecule has 0 radical (unpaired) electrons. The number of methoxy groups -OCH3 is 1. The van der Waals surface area contributed by atoms with E-state index >= 15 is 0 Å². The Morgan fingerprint density at radius 2 is 1.90 bits per heavy atom. The first kappa shape index (κ1) is 28.2. The maximum absolute atomic E-state index is 12.0. The topological polar surface area (TPSA) is 121 Å². The van der Waals surface area contributed by atoms with Crippen LogP contribution in [0.25, 0.3) is 23.1 Å². The zero-order valence-electron chi connectivity index (χ0n) is 22.2. The van der Waals surface area contributed by atoms with Gasteiger partial charge in [-0.15, -0.1) is 0 Å². The van der Waals surface area contributed by atoms with Crippen LogP contribution in [-0.4, -0.2) is 41.3 Å². The first-order valence-electron chi connectivity index (χ1n) is 13.0. The molecular weight excluding hydrogens is 548 g/mol. The van der Waals surface area contributed by atoms with E-state index in [2.05, 4.69) is 4.98 Å². The second kappa shape index (κ2) is 12.1. The van der Waals surface area contributed by atoms with Crippen molar-refractivity contribution in [3.8, 4) is 5.75 Å². The number of ether oxygens (including phenoxy) is 3. The molecule has 1 saturated heterocycles. The molecule has 210 valence electrons. The number of fused-ring (bicyclic) bond motifs is 1. The van der Waals surface area contributed by atoms with E-state index in [0.29, 0.717) is 30.2 Å². The minimum absolute atomic E-state index is 0.0701. The number of nitro benzene ring substituents is 1. The molecule has 1 aromatic heterocycles. The van der Waals surface area contributed by atoms with Gasteiger partial charge in [0, 0.05) is 34.5 Å². The summed E-state index contributed by atoms with van der Waals surface area (Å²) in [5, 5.41) is 23.0. The number of halogens is 1. The highest BCUT2D eigenvalue weighted by Gasteiger charge is 2.37. The Hall–Kier alpha value is -4.31. The number of carboxylic acid groups (broad SMARTS) is 1. The van der Waals surface area contributed by atoms with E-state index in [1.807, 2.05) is 66.7 Å². The Morgan fingerprint density at radius 1 is 1.12 bits per heavy atom. The van der Waals surface area contributed by atoms with Crippen molar-refractivity contribution in [1.82, 2.24) is 4.98 Å². The molecule has 0 amide bonds. The van der Waals surface area contributed by atoms with E-state index in [1.165, 1.54) is 19.2 Å². The van der Waals surface area contributed by atoms with Crippen LogP contribution in [0.1, 0.15) is 45.6 Å². The summed E-state index contributed by atoms with van der Waals surface area (Å²) in [5.74, 6) is -2.46. The number of hydrogen-bond acceptors (Lipinski definition) is 7. The van der Waals surface area contributed by atoms with Gasteiger partial charge in [-0.05, 0) is 54.3 Å². The van der Waals surface area contributed by atoms with Gasteiger partial charge in [-0.25, -0.2) is 9.78 Å². The molecule has 1 N–H and O–H groups in total. The van der Waals surface area contributed by atoms with Crippen LogP contribution in [0.4, 0.5) is 5.69 Å². The molecule has 0 spiro atoms. The summed E-state index contributed by atoms with van der Waals surface area (Å²) >= 11 is 6.13. The van der Waals surface area contributed by atoms with E-state index in [4.69, 9.17) is 25.8 Å². The third-order valence-corrected chi connectivity index (χ3v) is 7.20. The molecule has 9 nitrogen and oxygen atoms in total. The van der Waals surface area contributed by atoms with Gasteiger partial charge in [0.2, 0.25) is 0 Å². The van der Waals surface area contributed by atoms with E-state index in [9.17, 15) is 20.0 Å². The fourth-order valence-electron chi connectivity index (χ4n) is 4.91. The van der Waals surface area contributed by atoms with Crippen molar-refractivity contribution in [2.24, 2.45) is 0 Å². The van der Waals surface area contributed by atoms with Crippen LogP contribution in [0.2, 0.25) is 5.02 Å². The first-order chi connectivity index (χ1) is 19.8. The molecule has 41 heavy (non-hydrogen) atoms. The van der Waals surface area contributed by atoms with Crippen LogP contribution in [0, 0.1) is 10.1 Å². The number of pyridine rings is 1. The Bertz CT molecular complexity index is 1650. The van der Waals surface area contributed by atoms with E-state index in [0.717, 1.165) is 27.7 Å². The molecule has 0 atom stereocenters. The van der Waals surface area contributed by atoms with Crippen LogP contribution in [0.5, 0.6) is 5.75 Å². The lowest BCUT2D eigenvalue weighted by Gasteiger charge is -2.38. The predicted octanol–water partition coefficient (Wildman–Crippen LogP) is 6.90. The van der Waals surface area contributed by atoms with Gasteiger partial charge in [-0.1, -0.05) is 48.0 Å². The third-order valence-electron chi connectivity index (χ3n) is 6.96. The van der Waals surface area contributed by atoms with Crippen molar-refractivity contribution < 1.29 is 29.0 Å². The molecule has 1 aliphatic rings. The fraction of sp³-hybridized carbons (Fsp3) is 0.226. The molecule has 10 heteroatoms. The van der Waals surface area contributed by atoms with Gasteiger partial charge in [0.05, 0.1) is 42.0 Å². The molecule has 5 rings (SSSR count). The molecule has 1 fully saturated rings. The number of rotatable bonds is 9. The zero-order chi connectivity index (χ0) is 29.0. The number of carbonyl (C=O) groups is 1. The maximum atomic E-state index is 12.0. The molecule has 0 saturated carbocycles. The minimum Gasteiger partial charge on any atom is -0.490 e. The summed E-state index contributed by atoms with van der Waals surface area (Å²) in [6.07, 6.45) is 4.97. The lowest BCUT2D eigenvalue weighted by molar-refractivity contribution is -0.385. The smallest absolute Gasteiger partial charge is 0.336 e. The predicted molar refractivity (Wildman–Crippen MR) is 155 cm³/mol. The van der Waals surface area contributed by atoms with Gasteiger partial charge >= 0.3 is 11.7 Å². The van der Waals surface area contributed by atoms with E-state index in [1.54, 1.807) is 0 Å². The largest absolute Gasteiger partial charge is 0.490 e. The van der Waals surface area contributed by atoms with E-state index in [-0.39, 0.29) is 29.8 Å². The highest BCUT2D eigenvalue weighted by Crippen LogP contribution is 2.38. The number of aromatic nitrogens is 1. The molecule has 2 heterocycles. The van der Waals surface area contributed by atoms with Crippen molar-refractivity contribution in [1.29, 1.82) is 0 Å². The summed E-state index contributed by atoms with van der Waals surface area (Å²) in [5.41, 5.74) is 3.14. The number of aryl methyl sites for hydroxylation is 1. The van der Waals surface area contributed by atoms with Gasteiger partial charge in [-0.2, -0.15) is 0 Å². The van der Waals surface area contributed by atoms with Gasteiger partial charge in [0.1, 0.15) is 0 Å². The number of carboxylic acids is 1. The second-order valence-electron chi connectivity index (χ2n) is 9.58. The van der Waals surface area contributed by atoms with Crippen LogP contribution in [0.15, 0.2) is 66.7 Å². The zero-order valence-corrected chi connectivity index (χ0v) is 23.0. The Morgan fingerprint density at radius 3 is 2.63 bits per heavy atom. The summed E-state index contributed by atoms with van der Waals surface area (Å²) in [4.78, 5) is 27.7. The SMILES string of the molecule is COc1cc(C(=O)O)c(CCC2(c3cccc(/C=C/c4ccc5ccc(Cl)cc5n4)c3)OCCCO2)cc1[N+](=O)[O-]. The van der Waals surface area contributed by atoms with Crippen molar-refractivity contribution in [2.75, 3.05) is 20.3 Å². The van der Waals surface area contributed by atoms with Crippen LogP contribution >= 0.6 is 11.6 Å². The van der Waals surface area contributed by atoms with Crippen molar-refractivity contribution in [3.63, 3.8) is 0 Å². The Balaban J connectivity index is 1.44. The lowest BCUT2D eigenvalue weighted by Crippen LogP contribution is -2.38. The molecule has 0 bridgehead atoms. The maximum Gasteiger partial charge on any atom is 0.336 e. The fourth-order valence-corrected chi connectivity index (χ4v) is 5.08. The van der Waals surface area contributed by atoms with Gasteiger partial charge in [0.25, 0.3) is 0 Å². The average Bonchev–Trinajstić information content (AvgIpc) is 2.98. The average molecular weight is 575 g/mol. The Labute approximate surface area is 241 Å². The van der Waals surface area contributed by atoms with Crippen molar-refractivity contribution >= 4 is 46.3 Å². The molecule has 3 aromatic carbocycles. The van der Waals surface area contributed by atoms with Crippen molar-refractivity contribution in [3.05, 3.63) is 110 Å². The first-order valence-corrected chi connectivity index (χ1v) is 13.4. The van der Waals surface area contributed by atoms with E-state index < -0.39 is 16.7 Å². The Kier molecular flexibility index (Phi) is 8.30. The third kappa shape index (κ3) is 6.22. The number of nitrogens with zero attached hydrogens (tertiary/aromatic N) is 2. The van der Waals surface area contributed by atoms with Gasteiger partial charge in [-0.3, -0.25) is 10.1 Å². The normalized spacial score (nSPS) is 14.8. The summed E-state index contributed by atoms with van der Waals surface area (Å²) in [7, 11) is 1.26. The summed E-state index contributed by atoms with van der Waals surface area (Å²) in [6.45, 7) is 0.913. The number of aromatic carboxylic acids is 1. The highest BCUT2D eigenvalue weighted by atomic mass is 35.5. The summed E-state index contributed by atoms with van der Waals surface area (Å²) < 4.78 is 17.5. The van der Waals surface area contributed by atoms with Crippen LogP contribution in [0.3, 0.4) is 0 Å². The van der Waals surface area contributed by atoms with Crippen LogP contribution < -0.4 is 4.74 Å². The lowest BCUT2D eigenvalue weighted by atomic mass is 9.93. The van der Waals surface area contributed by atoms with Gasteiger partial charge in [0.15, 0.2) is 11.5 Å². The van der Waals surface area contributed by atoms with Gasteiger partial charge < -0.3 is 19.3 Å². The minimum atomic E-state index is -1.20. The molecule has 0 aliphatic carbocycles. The quantitative estimate of drug-likeness (QED) is 0.169. The summed E-state index contributed by atoms with van der Waals surface area (Å²) in [6, 6.07) is 19.6. The molecule has 1 aliphatic heterocycles. The highest BCUT2D eigenvalue weighted by molar-refractivity contribution is 6.31. The molecular formula is C31H27ClN2O7. The molecule has 4 aromatic rings.